The number of imide groups is 1. The van der Waals surface area contributed by atoms with E-state index in [1.807, 2.05) is 18.2 Å². The fraction of sp³-hybridized carbons (Fsp3) is 0.200. The van der Waals surface area contributed by atoms with Crippen molar-refractivity contribution in [1.29, 1.82) is 0 Å². The zero-order valence-electron chi connectivity index (χ0n) is 16.5. The number of allylic oxidation sites excluding steroid dienone is 2. The second-order valence-corrected chi connectivity index (χ2v) is 8.28. The Kier molecular flexibility index (Phi) is 3.84. The van der Waals surface area contributed by atoms with Crippen LogP contribution in [0.5, 0.6) is 5.75 Å². The maximum absolute atomic E-state index is 13.1. The van der Waals surface area contributed by atoms with E-state index < -0.39 is 5.97 Å². The number of esters is 1. The summed E-state index contributed by atoms with van der Waals surface area (Å²) >= 11 is 0. The lowest BCUT2D eigenvalue weighted by molar-refractivity contribution is -0.123. The summed E-state index contributed by atoms with van der Waals surface area (Å²) in [6.07, 6.45) is 6.65. The number of rotatable bonds is 3. The third-order valence-electron chi connectivity index (χ3n) is 6.61. The minimum absolute atomic E-state index is 0.142. The molecular formula is C25H18N2O4. The lowest BCUT2D eigenvalue weighted by Gasteiger charge is -2.18. The summed E-state index contributed by atoms with van der Waals surface area (Å²) in [6, 6.07) is 15.6. The molecule has 6 nitrogen and oxygen atoms in total. The number of benzene rings is 2. The zero-order valence-corrected chi connectivity index (χ0v) is 16.5. The standard InChI is InChI=1S/C25H18N2O4/c28-23-20-15-9-10-16(12-15)21(20)24(29)27(23)18-7-1-5-17(13-18)25(30)31-19-8-2-4-14-6-3-11-26-22(14)19/h1-11,13,15-16,20-21H,12H2. The number of fused-ring (bicyclic) bond motifs is 6. The van der Waals surface area contributed by atoms with Crippen molar-refractivity contribution in [2.24, 2.45) is 23.7 Å². The minimum Gasteiger partial charge on any atom is -0.421 e. The molecule has 1 saturated heterocycles. The van der Waals surface area contributed by atoms with Crippen molar-refractivity contribution in [3.05, 3.63) is 78.5 Å². The lowest BCUT2D eigenvalue weighted by Crippen LogP contribution is -2.33. The number of carbonyl (C=O) groups excluding carboxylic acids is 3. The van der Waals surface area contributed by atoms with E-state index in [-0.39, 0.29) is 41.0 Å². The Hall–Kier alpha value is -3.80. The molecule has 0 spiro atoms. The molecule has 3 aromatic rings. The maximum Gasteiger partial charge on any atom is 0.343 e. The van der Waals surface area contributed by atoms with Crippen LogP contribution in [0.4, 0.5) is 5.69 Å². The molecule has 3 aliphatic rings. The number of carbonyl (C=O) groups is 3. The third-order valence-corrected chi connectivity index (χ3v) is 6.61. The van der Waals surface area contributed by atoms with Gasteiger partial charge in [0.15, 0.2) is 5.75 Å². The van der Waals surface area contributed by atoms with Gasteiger partial charge in [-0.05, 0) is 48.6 Å². The number of nitrogens with zero attached hydrogens (tertiary/aromatic N) is 2. The number of pyridine rings is 1. The Bertz CT molecular complexity index is 1260. The van der Waals surface area contributed by atoms with Crippen LogP contribution in [0.1, 0.15) is 16.8 Å². The SMILES string of the molecule is O=C(Oc1cccc2cccnc12)c1cccc(N2C(=O)C3C4C=CC(C4)C3C2=O)c1. The molecule has 1 aliphatic heterocycles. The third kappa shape index (κ3) is 2.64. The van der Waals surface area contributed by atoms with Crippen LogP contribution in [-0.4, -0.2) is 22.8 Å². The number of anilines is 1. The van der Waals surface area contributed by atoms with Crippen molar-refractivity contribution in [3.63, 3.8) is 0 Å². The van der Waals surface area contributed by atoms with Crippen molar-refractivity contribution in [2.45, 2.75) is 6.42 Å². The van der Waals surface area contributed by atoms with Crippen LogP contribution in [0.2, 0.25) is 0 Å². The number of hydrogen-bond donors (Lipinski definition) is 0. The van der Waals surface area contributed by atoms with Gasteiger partial charge in [-0.2, -0.15) is 0 Å². The summed E-state index contributed by atoms with van der Waals surface area (Å²) in [6.45, 7) is 0. The van der Waals surface area contributed by atoms with E-state index in [4.69, 9.17) is 4.74 Å². The van der Waals surface area contributed by atoms with Gasteiger partial charge in [0.2, 0.25) is 11.8 Å². The molecule has 4 unspecified atom stereocenters. The summed E-state index contributed by atoms with van der Waals surface area (Å²) in [7, 11) is 0. The number of aromatic nitrogens is 1. The first-order valence-corrected chi connectivity index (χ1v) is 10.3. The van der Waals surface area contributed by atoms with Crippen molar-refractivity contribution < 1.29 is 19.1 Å². The normalized spacial score (nSPS) is 26.0. The van der Waals surface area contributed by atoms with Gasteiger partial charge in [-0.25, -0.2) is 9.69 Å². The molecule has 2 aliphatic carbocycles. The van der Waals surface area contributed by atoms with E-state index in [2.05, 4.69) is 17.1 Å². The fourth-order valence-corrected chi connectivity index (χ4v) is 5.25. The first-order chi connectivity index (χ1) is 15.1. The number of para-hydroxylation sites is 1. The van der Waals surface area contributed by atoms with Gasteiger partial charge in [0.05, 0.1) is 23.1 Å². The van der Waals surface area contributed by atoms with Crippen LogP contribution >= 0.6 is 0 Å². The summed E-state index contributed by atoms with van der Waals surface area (Å²) < 4.78 is 5.60. The summed E-state index contributed by atoms with van der Waals surface area (Å²) in [5, 5.41) is 0.865. The van der Waals surface area contributed by atoms with Gasteiger partial charge >= 0.3 is 5.97 Å². The molecule has 2 aromatic carbocycles. The Morgan fingerprint density at radius 2 is 1.65 bits per heavy atom. The summed E-state index contributed by atoms with van der Waals surface area (Å²) in [5.74, 6) is -0.821. The molecule has 2 fully saturated rings. The van der Waals surface area contributed by atoms with Gasteiger partial charge in [0.25, 0.3) is 0 Å². The molecule has 6 rings (SSSR count). The number of hydrogen-bond acceptors (Lipinski definition) is 5. The van der Waals surface area contributed by atoms with Gasteiger partial charge in [-0.15, -0.1) is 0 Å². The molecule has 2 bridgehead atoms. The molecule has 1 saturated carbocycles. The van der Waals surface area contributed by atoms with E-state index in [1.165, 1.54) is 4.90 Å². The monoisotopic (exact) mass is 410 g/mol. The van der Waals surface area contributed by atoms with E-state index in [0.29, 0.717) is 17.0 Å². The lowest BCUT2D eigenvalue weighted by atomic mass is 9.85. The van der Waals surface area contributed by atoms with E-state index in [0.717, 1.165) is 11.8 Å². The van der Waals surface area contributed by atoms with Crippen LogP contribution in [0.15, 0.2) is 72.9 Å². The molecule has 6 heteroatoms. The second-order valence-electron chi connectivity index (χ2n) is 8.28. The van der Waals surface area contributed by atoms with Gasteiger partial charge in [-0.3, -0.25) is 14.6 Å². The topological polar surface area (TPSA) is 76.6 Å². The van der Waals surface area contributed by atoms with Gasteiger partial charge in [-0.1, -0.05) is 36.4 Å². The van der Waals surface area contributed by atoms with Crippen LogP contribution in [0.3, 0.4) is 0 Å². The quantitative estimate of drug-likeness (QED) is 0.284. The van der Waals surface area contributed by atoms with E-state index >= 15 is 0 Å². The smallest absolute Gasteiger partial charge is 0.343 e. The molecule has 4 atom stereocenters. The predicted molar refractivity (Wildman–Crippen MR) is 113 cm³/mol. The van der Waals surface area contributed by atoms with Crippen molar-refractivity contribution in [3.8, 4) is 5.75 Å². The fourth-order valence-electron chi connectivity index (χ4n) is 5.25. The van der Waals surface area contributed by atoms with Gasteiger partial charge in [0.1, 0.15) is 5.52 Å². The van der Waals surface area contributed by atoms with Crippen LogP contribution in [0.25, 0.3) is 10.9 Å². The highest BCUT2D eigenvalue weighted by atomic mass is 16.5. The molecule has 31 heavy (non-hydrogen) atoms. The van der Waals surface area contributed by atoms with Crippen LogP contribution < -0.4 is 9.64 Å². The average molecular weight is 410 g/mol. The number of amides is 2. The van der Waals surface area contributed by atoms with Crippen molar-refractivity contribution in [2.75, 3.05) is 4.90 Å². The Labute approximate surface area is 178 Å². The Balaban J connectivity index is 1.29. The van der Waals surface area contributed by atoms with E-state index in [1.54, 1.807) is 42.6 Å². The molecule has 152 valence electrons. The first-order valence-electron chi connectivity index (χ1n) is 10.3. The molecule has 2 heterocycles. The molecule has 1 aromatic heterocycles. The minimum atomic E-state index is -0.568. The van der Waals surface area contributed by atoms with Crippen LogP contribution in [0, 0.1) is 23.7 Å². The molecule has 0 N–H and O–H groups in total. The zero-order chi connectivity index (χ0) is 21.1. The highest BCUT2D eigenvalue weighted by molar-refractivity contribution is 6.23. The average Bonchev–Trinajstić information content (AvgIpc) is 3.48. The second kappa shape index (κ2) is 6.60. The van der Waals surface area contributed by atoms with Crippen molar-refractivity contribution in [1.82, 2.24) is 4.98 Å². The maximum atomic E-state index is 13.1. The van der Waals surface area contributed by atoms with E-state index in [9.17, 15) is 14.4 Å². The van der Waals surface area contributed by atoms with Gasteiger partial charge < -0.3 is 4.74 Å². The molecule has 2 amide bonds. The predicted octanol–water partition coefficient (Wildman–Crippen LogP) is 3.77. The number of ether oxygens (including phenoxy) is 1. The highest BCUT2D eigenvalue weighted by Gasteiger charge is 2.59. The van der Waals surface area contributed by atoms with Crippen LogP contribution in [-0.2, 0) is 9.59 Å². The summed E-state index contributed by atoms with van der Waals surface area (Å²) in [4.78, 5) is 44.5. The highest BCUT2D eigenvalue weighted by Crippen LogP contribution is 2.53. The van der Waals surface area contributed by atoms with Gasteiger partial charge in [0, 0.05) is 11.6 Å². The summed E-state index contributed by atoms with van der Waals surface area (Å²) in [5.41, 5.74) is 1.27. The first kappa shape index (κ1) is 18.0. The Morgan fingerprint density at radius 3 is 2.42 bits per heavy atom. The Morgan fingerprint density at radius 1 is 0.935 bits per heavy atom. The molecular weight excluding hydrogens is 392 g/mol. The largest absolute Gasteiger partial charge is 0.421 e. The molecule has 0 radical (unpaired) electrons. The van der Waals surface area contributed by atoms with Crippen molar-refractivity contribution >= 4 is 34.4 Å².